The van der Waals surface area contributed by atoms with E-state index in [1.807, 2.05) is 30.3 Å². The van der Waals surface area contributed by atoms with E-state index >= 15 is 0 Å². The second-order valence-electron chi connectivity index (χ2n) is 5.37. The van der Waals surface area contributed by atoms with Crippen molar-refractivity contribution in [3.05, 3.63) is 104 Å². The fraction of sp³-hybridized carbons (Fsp3) is 0. The maximum atomic E-state index is 11.3. The summed E-state index contributed by atoms with van der Waals surface area (Å²) in [6, 6.07) is 17.8. The molecule has 2 aromatic carbocycles. The quantitative estimate of drug-likeness (QED) is 0.404. The van der Waals surface area contributed by atoms with Gasteiger partial charge in [-0.3, -0.25) is 30.6 Å². The van der Waals surface area contributed by atoms with Crippen molar-refractivity contribution in [3.8, 4) is 0 Å². The maximum Gasteiger partial charge on any atom is 0.301 e. The summed E-state index contributed by atoms with van der Waals surface area (Å²) in [6.45, 7) is 0. The molecule has 0 amide bonds. The Morgan fingerprint density at radius 2 is 1.67 bits per heavy atom. The normalized spacial score (nSPS) is 11.0. The lowest BCUT2D eigenvalue weighted by atomic mass is 10.1. The van der Waals surface area contributed by atoms with Gasteiger partial charge in [-0.05, 0) is 18.2 Å². The first-order valence-corrected chi connectivity index (χ1v) is 7.79. The average molecular weight is 363 g/mol. The predicted molar refractivity (Wildman–Crippen MR) is 99.7 cm³/mol. The van der Waals surface area contributed by atoms with Crippen LogP contribution in [-0.2, 0) is 0 Å². The Bertz CT molecular complexity index is 965. The highest BCUT2D eigenvalue weighted by molar-refractivity contribution is 6.11. The first-order valence-electron chi connectivity index (χ1n) is 7.79. The molecule has 0 bridgehead atoms. The molecule has 1 aromatic heterocycles. The van der Waals surface area contributed by atoms with Gasteiger partial charge < -0.3 is 0 Å². The summed E-state index contributed by atoms with van der Waals surface area (Å²) in [5.41, 5.74) is 3.67. The number of nitro benzene ring substituents is 2. The Balaban J connectivity index is 2.03. The molecule has 9 nitrogen and oxygen atoms in total. The van der Waals surface area contributed by atoms with E-state index in [0.29, 0.717) is 11.4 Å². The Morgan fingerprint density at radius 1 is 0.926 bits per heavy atom. The molecule has 0 saturated heterocycles. The third kappa shape index (κ3) is 4.10. The molecule has 0 unspecified atom stereocenters. The number of pyridine rings is 1. The van der Waals surface area contributed by atoms with E-state index in [2.05, 4.69) is 15.5 Å². The Morgan fingerprint density at radius 3 is 2.30 bits per heavy atom. The molecule has 0 aliphatic carbocycles. The van der Waals surface area contributed by atoms with Gasteiger partial charge in [-0.2, -0.15) is 5.10 Å². The van der Waals surface area contributed by atoms with Crippen molar-refractivity contribution < 1.29 is 9.85 Å². The van der Waals surface area contributed by atoms with Gasteiger partial charge >= 0.3 is 5.69 Å². The molecule has 0 aliphatic rings. The summed E-state index contributed by atoms with van der Waals surface area (Å²) in [5.74, 6) is 0. The van der Waals surface area contributed by atoms with E-state index in [1.165, 1.54) is 12.1 Å². The van der Waals surface area contributed by atoms with Gasteiger partial charge in [0.1, 0.15) is 11.4 Å². The lowest BCUT2D eigenvalue weighted by Crippen LogP contribution is -2.09. The topological polar surface area (TPSA) is 124 Å². The highest BCUT2D eigenvalue weighted by Gasteiger charge is 2.19. The minimum atomic E-state index is -0.701. The van der Waals surface area contributed by atoms with Gasteiger partial charge in [-0.25, -0.2) is 0 Å². The number of rotatable bonds is 6. The number of aromatic nitrogens is 1. The maximum absolute atomic E-state index is 11.3. The summed E-state index contributed by atoms with van der Waals surface area (Å²) in [7, 11) is 0. The van der Waals surface area contributed by atoms with Gasteiger partial charge in [-0.15, -0.1) is 0 Å². The third-order valence-corrected chi connectivity index (χ3v) is 3.63. The zero-order valence-corrected chi connectivity index (χ0v) is 13.9. The van der Waals surface area contributed by atoms with Crippen LogP contribution < -0.4 is 5.43 Å². The molecule has 1 N–H and O–H groups in total. The summed E-state index contributed by atoms with van der Waals surface area (Å²) >= 11 is 0. The van der Waals surface area contributed by atoms with E-state index in [9.17, 15) is 20.2 Å². The van der Waals surface area contributed by atoms with Crippen LogP contribution in [0.15, 0.2) is 78.0 Å². The van der Waals surface area contributed by atoms with E-state index in [4.69, 9.17) is 0 Å². The minimum absolute atomic E-state index is 0.0370. The highest BCUT2D eigenvalue weighted by atomic mass is 16.6. The largest absolute Gasteiger partial charge is 0.301 e. The molecule has 0 aliphatic heterocycles. The molecule has 27 heavy (non-hydrogen) atoms. The second-order valence-corrected chi connectivity index (χ2v) is 5.37. The van der Waals surface area contributed by atoms with E-state index in [0.717, 1.165) is 11.6 Å². The van der Waals surface area contributed by atoms with E-state index < -0.39 is 15.5 Å². The molecule has 0 radical (unpaired) electrons. The van der Waals surface area contributed by atoms with Crippen LogP contribution in [0.25, 0.3) is 0 Å². The monoisotopic (exact) mass is 363 g/mol. The molecular formula is C18H13N5O4. The van der Waals surface area contributed by atoms with Crippen molar-refractivity contribution in [3.63, 3.8) is 0 Å². The number of non-ortho nitro benzene ring substituents is 1. The SMILES string of the molecule is O=[N+]([O-])c1ccc(N/N=C(\c2ccccc2)c2ccccn2)c([N+](=O)[O-])c1. The lowest BCUT2D eigenvalue weighted by molar-refractivity contribution is -0.393. The minimum Gasteiger partial charge on any atom is -0.271 e. The number of nitrogens with one attached hydrogen (secondary N) is 1. The van der Waals surface area contributed by atoms with Crippen molar-refractivity contribution in [1.29, 1.82) is 0 Å². The average Bonchev–Trinajstić information content (AvgIpc) is 2.69. The van der Waals surface area contributed by atoms with Crippen LogP contribution >= 0.6 is 0 Å². The van der Waals surface area contributed by atoms with Gasteiger partial charge in [0.05, 0.1) is 21.6 Å². The van der Waals surface area contributed by atoms with E-state index in [1.54, 1.807) is 24.4 Å². The number of hydrogen-bond acceptors (Lipinski definition) is 7. The smallest absolute Gasteiger partial charge is 0.271 e. The van der Waals surface area contributed by atoms with Crippen LogP contribution in [0.5, 0.6) is 0 Å². The van der Waals surface area contributed by atoms with Crippen molar-refractivity contribution >= 4 is 22.8 Å². The summed E-state index contributed by atoms with van der Waals surface area (Å²) in [6.07, 6.45) is 1.61. The molecule has 1 heterocycles. The van der Waals surface area contributed by atoms with E-state index in [-0.39, 0.29) is 11.4 Å². The molecule has 3 aromatic rings. The van der Waals surface area contributed by atoms with Crippen LogP contribution in [0.2, 0.25) is 0 Å². The van der Waals surface area contributed by atoms with Gasteiger partial charge in [0.2, 0.25) is 0 Å². The van der Waals surface area contributed by atoms with Crippen LogP contribution in [0.3, 0.4) is 0 Å². The third-order valence-electron chi connectivity index (χ3n) is 3.63. The second kappa shape index (κ2) is 7.83. The molecule has 3 rings (SSSR count). The van der Waals surface area contributed by atoms with Crippen molar-refractivity contribution in [1.82, 2.24) is 4.98 Å². The molecule has 0 spiro atoms. The zero-order chi connectivity index (χ0) is 19.2. The number of nitrogens with zero attached hydrogens (tertiary/aromatic N) is 4. The van der Waals surface area contributed by atoms with Gasteiger partial charge in [-0.1, -0.05) is 36.4 Å². The molecule has 0 atom stereocenters. The predicted octanol–water partition coefficient (Wildman–Crippen LogP) is 3.76. The fourth-order valence-electron chi connectivity index (χ4n) is 2.36. The molecular weight excluding hydrogens is 350 g/mol. The first-order chi connectivity index (χ1) is 13.1. The first kappa shape index (κ1) is 17.7. The highest BCUT2D eigenvalue weighted by Crippen LogP contribution is 2.29. The molecule has 9 heteroatoms. The number of nitro groups is 2. The Kier molecular flexibility index (Phi) is 5.12. The summed E-state index contributed by atoms with van der Waals surface area (Å²) in [4.78, 5) is 25.0. The lowest BCUT2D eigenvalue weighted by Gasteiger charge is -2.08. The summed E-state index contributed by atoms with van der Waals surface area (Å²) in [5, 5.41) is 26.4. The van der Waals surface area contributed by atoms with Crippen molar-refractivity contribution in [2.75, 3.05) is 5.43 Å². The Labute approximate surface area is 153 Å². The van der Waals surface area contributed by atoms with Gasteiger partial charge in [0.15, 0.2) is 0 Å². The molecule has 134 valence electrons. The van der Waals surface area contributed by atoms with Gasteiger partial charge in [0.25, 0.3) is 5.69 Å². The van der Waals surface area contributed by atoms with Crippen LogP contribution in [0.4, 0.5) is 17.1 Å². The number of benzene rings is 2. The Hall–Kier alpha value is -4.14. The van der Waals surface area contributed by atoms with Crippen molar-refractivity contribution in [2.24, 2.45) is 5.10 Å². The zero-order valence-electron chi connectivity index (χ0n) is 13.9. The fourth-order valence-corrected chi connectivity index (χ4v) is 2.36. The standard InChI is InChI=1S/C18H13N5O4/c24-22(25)14-9-10-15(17(12-14)23(26)27)20-21-18(13-6-2-1-3-7-13)16-8-4-5-11-19-16/h1-12,20H/b21-18+. The molecule has 0 saturated carbocycles. The molecule has 0 fully saturated rings. The van der Waals surface area contributed by atoms with Crippen LogP contribution in [0, 0.1) is 20.2 Å². The number of anilines is 1. The van der Waals surface area contributed by atoms with Gasteiger partial charge in [0, 0.05) is 17.8 Å². The van der Waals surface area contributed by atoms with Crippen molar-refractivity contribution in [2.45, 2.75) is 0 Å². The van der Waals surface area contributed by atoms with Crippen LogP contribution in [-0.4, -0.2) is 20.5 Å². The number of hydrazone groups is 1. The number of hydrogen-bond donors (Lipinski definition) is 1. The summed E-state index contributed by atoms with van der Waals surface area (Å²) < 4.78 is 0. The van der Waals surface area contributed by atoms with Crippen LogP contribution in [0.1, 0.15) is 11.3 Å².